The van der Waals surface area contributed by atoms with Crippen LogP contribution in [0.15, 0.2) is 36.4 Å². The summed E-state index contributed by atoms with van der Waals surface area (Å²) in [5, 5.41) is 2.90. The Balaban J connectivity index is 1.75. The van der Waals surface area contributed by atoms with Crippen LogP contribution < -0.4 is 10.1 Å². The van der Waals surface area contributed by atoms with E-state index in [9.17, 15) is 4.79 Å². The molecule has 0 fully saturated rings. The first kappa shape index (κ1) is 17.1. The van der Waals surface area contributed by atoms with E-state index in [0.29, 0.717) is 19.6 Å². The maximum Gasteiger partial charge on any atom is 0.224 e. The number of carbonyl (C=O) groups is 1. The third-order valence-corrected chi connectivity index (χ3v) is 3.82. The summed E-state index contributed by atoms with van der Waals surface area (Å²) in [5.41, 5.74) is 5.86. The zero-order chi connectivity index (χ0) is 16.8. The second-order valence-electron chi connectivity index (χ2n) is 6.12. The fraction of sp³-hybridized carbons (Fsp3) is 0.350. The highest BCUT2D eigenvalue weighted by molar-refractivity contribution is 5.78. The van der Waals surface area contributed by atoms with Crippen LogP contribution in [0.5, 0.6) is 5.75 Å². The first-order valence-electron chi connectivity index (χ1n) is 7.98. The summed E-state index contributed by atoms with van der Waals surface area (Å²) in [7, 11) is 0. The fourth-order valence-corrected chi connectivity index (χ4v) is 2.54. The highest BCUT2D eigenvalue weighted by Gasteiger charge is 2.04. The molecule has 0 aliphatic heterocycles. The Bertz CT molecular complexity index is 672. The Morgan fingerprint density at radius 1 is 0.957 bits per heavy atom. The number of aryl methyl sites for hydroxylation is 4. The van der Waals surface area contributed by atoms with Crippen molar-refractivity contribution in [3.63, 3.8) is 0 Å². The second kappa shape index (κ2) is 7.82. The number of rotatable bonds is 6. The van der Waals surface area contributed by atoms with E-state index in [-0.39, 0.29) is 5.91 Å². The maximum absolute atomic E-state index is 12.0. The van der Waals surface area contributed by atoms with Crippen molar-refractivity contribution in [1.82, 2.24) is 5.32 Å². The van der Waals surface area contributed by atoms with Crippen LogP contribution in [0.4, 0.5) is 0 Å². The van der Waals surface area contributed by atoms with Crippen LogP contribution in [0.2, 0.25) is 0 Å². The molecule has 2 aromatic carbocycles. The van der Waals surface area contributed by atoms with Gasteiger partial charge in [0.25, 0.3) is 0 Å². The number of ether oxygens (including phenoxy) is 1. The van der Waals surface area contributed by atoms with Gasteiger partial charge in [0.1, 0.15) is 12.4 Å². The monoisotopic (exact) mass is 311 g/mol. The molecule has 23 heavy (non-hydrogen) atoms. The quantitative estimate of drug-likeness (QED) is 0.827. The molecule has 1 amide bonds. The van der Waals surface area contributed by atoms with Gasteiger partial charge in [-0.2, -0.15) is 0 Å². The van der Waals surface area contributed by atoms with Gasteiger partial charge < -0.3 is 10.1 Å². The first-order valence-corrected chi connectivity index (χ1v) is 7.98. The van der Waals surface area contributed by atoms with Gasteiger partial charge in [0.15, 0.2) is 0 Å². The SMILES string of the molecule is Cc1cc(C)cc(OCCNC(=O)Cc2ccc(C)c(C)c2)c1. The Kier molecular flexibility index (Phi) is 5.80. The molecule has 0 bridgehead atoms. The molecule has 122 valence electrons. The summed E-state index contributed by atoms with van der Waals surface area (Å²) in [6.45, 7) is 9.21. The number of amides is 1. The van der Waals surface area contributed by atoms with Crippen LogP contribution in [0.1, 0.15) is 27.8 Å². The van der Waals surface area contributed by atoms with E-state index in [2.05, 4.69) is 37.4 Å². The summed E-state index contributed by atoms with van der Waals surface area (Å²) in [6.07, 6.45) is 0.407. The van der Waals surface area contributed by atoms with Gasteiger partial charge in [0.05, 0.1) is 13.0 Å². The molecule has 3 heteroatoms. The number of hydrogen-bond donors (Lipinski definition) is 1. The largest absolute Gasteiger partial charge is 0.492 e. The molecular formula is C20H25NO2. The molecule has 2 aromatic rings. The molecule has 2 rings (SSSR count). The van der Waals surface area contributed by atoms with Crippen molar-refractivity contribution in [2.24, 2.45) is 0 Å². The second-order valence-corrected chi connectivity index (χ2v) is 6.12. The van der Waals surface area contributed by atoms with Gasteiger partial charge >= 0.3 is 0 Å². The molecule has 0 unspecified atom stereocenters. The fourth-order valence-electron chi connectivity index (χ4n) is 2.54. The molecule has 0 heterocycles. The van der Waals surface area contributed by atoms with Crippen molar-refractivity contribution in [2.75, 3.05) is 13.2 Å². The smallest absolute Gasteiger partial charge is 0.224 e. The standard InChI is InChI=1S/C20H25NO2/c1-14-9-15(2)11-19(10-14)23-8-7-21-20(22)13-18-6-5-16(3)17(4)12-18/h5-6,9-12H,7-8,13H2,1-4H3,(H,21,22). The topological polar surface area (TPSA) is 38.3 Å². The van der Waals surface area contributed by atoms with E-state index in [1.54, 1.807) is 0 Å². The van der Waals surface area contributed by atoms with E-state index in [4.69, 9.17) is 4.74 Å². The summed E-state index contributed by atoms with van der Waals surface area (Å²) < 4.78 is 5.69. The van der Waals surface area contributed by atoms with Crippen LogP contribution in [0.3, 0.4) is 0 Å². The van der Waals surface area contributed by atoms with Crippen LogP contribution in [0, 0.1) is 27.7 Å². The first-order chi connectivity index (χ1) is 10.9. The molecule has 0 spiro atoms. The zero-order valence-electron chi connectivity index (χ0n) is 14.4. The molecule has 0 saturated heterocycles. The van der Waals surface area contributed by atoms with Crippen LogP contribution in [-0.4, -0.2) is 19.1 Å². The molecule has 0 aliphatic rings. The average molecular weight is 311 g/mol. The van der Waals surface area contributed by atoms with E-state index in [1.807, 2.05) is 32.0 Å². The van der Waals surface area contributed by atoms with Gasteiger partial charge in [-0.3, -0.25) is 4.79 Å². The van der Waals surface area contributed by atoms with Crippen molar-refractivity contribution in [1.29, 1.82) is 0 Å². The minimum absolute atomic E-state index is 0.0253. The molecule has 0 radical (unpaired) electrons. The highest BCUT2D eigenvalue weighted by atomic mass is 16.5. The number of hydrogen-bond acceptors (Lipinski definition) is 2. The van der Waals surface area contributed by atoms with Crippen molar-refractivity contribution in [3.8, 4) is 5.75 Å². The molecule has 3 nitrogen and oxygen atoms in total. The van der Waals surface area contributed by atoms with Crippen molar-refractivity contribution in [2.45, 2.75) is 34.1 Å². The average Bonchev–Trinajstić information content (AvgIpc) is 2.46. The highest BCUT2D eigenvalue weighted by Crippen LogP contribution is 2.15. The predicted molar refractivity (Wildman–Crippen MR) is 94.0 cm³/mol. The number of carbonyl (C=O) groups excluding carboxylic acids is 1. The normalized spacial score (nSPS) is 10.4. The third-order valence-electron chi connectivity index (χ3n) is 3.82. The zero-order valence-corrected chi connectivity index (χ0v) is 14.4. The minimum Gasteiger partial charge on any atom is -0.492 e. The van der Waals surface area contributed by atoms with Gasteiger partial charge in [0.2, 0.25) is 5.91 Å². The van der Waals surface area contributed by atoms with Gasteiger partial charge in [0, 0.05) is 0 Å². The lowest BCUT2D eigenvalue weighted by atomic mass is 10.0. The number of nitrogens with one attached hydrogen (secondary N) is 1. The van der Waals surface area contributed by atoms with Gasteiger partial charge in [-0.1, -0.05) is 24.3 Å². The van der Waals surface area contributed by atoms with E-state index in [0.717, 1.165) is 11.3 Å². The molecule has 0 atom stereocenters. The van der Waals surface area contributed by atoms with Crippen molar-refractivity contribution in [3.05, 3.63) is 64.2 Å². The van der Waals surface area contributed by atoms with Crippen molar-refractivity contribution >= 4 is 5.91 Å². The molecule has 0 aromatic heterocycles. The third kappa shape index (κ3) is 5.44. The lowest BCUT2D eigenvalue weighted by Gasteiger charge is -2.10. The molecule has 0 aliphatic carbocycles. The van der Waals surface area contributed by atoms with Crippen LogP contribution >= 0.6 is 0 Å². The molecular weight excluding hydrogens is 286 g/mol. The van der Waals surface area contributed by atoms with E-state index < -0.39 is 0 Å². The Labute approximate surface area is 138 Å². The Morgan fingerprint density at radius 2 is 1.65 bits per heavy atom. The summed E-state index contributed by atoms with van der Waals surface area (Å²) in [5.74, 6) is 0.878. The summed E-state index contributed by atoms with van der Waals surface area (Å²) in [4.78, 5) is 12.0. The number of benzene rings is 2. The lowest BCUT2D eigenvalue weighted by molar-refractivity contribution is -0.120. The van der Waals surface area contributed by atoms with Crippen molar-refractivity contribution < 1.29 is 9.53 Å². The van der Waals surface area contributed by atoms with Crippen LogP contribution in [-0.2, 0) is 11.2 Å². The molecule has 1 N–H and O–H groups in total. The van der Waals surface area contributed by atoms with Gasteiger partial charge in [-0.15, -0.1) is 0 Å². The Morgan fingerprint density at radius 3 is 2.30 bits per heavy atom. The van der Waals surface area contributed by atoms with Gasteiger partial charge in [-0.05, 0) is 67.6 Å². The lowest BCUT2D eigenvalue weighted by Crippen LogP contribution is -2.29. The predicted octanol–water partition coefficient (Wildman–Crippen LogP) is 3.66. The van der Waals surface area contributed by atoms with Gasteiger partial charge in [-0.25, -0.2) is 0 Å². The maximum atomic E-state index is 12.0. The van der Waals surface area contributed by atoms with E-state index in [1.165, 1.54) is 22.3 Å². The minimum atomic E-state index is 0.0253. The van der Waals surface area contributed by atoms with E-state index >= 15 is 0 Å². The molecule has 0 saturated carbocycles. The Hall–Kier alpha value is -2.29. The summed E-state index contributed by atoms with van der Waals surface area (Å²) >= 11 is 0. The summed E-state index contributed by atoms with van der Waals surface area (Å²) in [6, 6.07) is 12.3. The van der Waals surface area contributed by atoms with Crippen LogP contribution in [0.25, 0.3) is 0 Å².